The molecule has 0 unspecified atom stereocenters. The Balaban J connectivity index is 2.38. The molecule has 0 spiro atoms. The van der Waals surface area contributed by atoms with E-state index in [9.17, 15) is 22.0 Å². The SMILES string of the molecule is CCOC(=O)c1[nH]c2cc(F)c(F)cc2c1S(=O)(=O)c1cc(C)cc(C)c1. The van der Waals surface area contributed by atoms with Crippen LogP contribution in [0.15, 0.2) is 40.1 Å². The zero-order valence-corrected chi connectivity index (χ0v) is 15.7. The summed E-state index contributed by atoms with van der Waals surface area (Å²) < 4.78 is 58.9. The van der Waals surface area contributed by atoms with Gasteiger partial charge in [0.05, 0.1) is 17.0 Å². The Morgan fingerprint density at radius 1 is 1.04 bits per heavy atom. The fourth-order valence-electron chi connectivity index (χ4n) is 3.00. The van der Waals surface area contributed by atoms with E-state index < -0.39 is 32.3 Å². The van der Waals surface area contributed by atoms with Gasteiger partial charge in [0, 0.05) is 11.5 Å². The number of carbonyl (C=O) groups is 1. The average molecular weight is 393 g/mol. The number of aryl methyl sites for hydroxylation is 2. The van der Waals surface area contributed by atoms with Gasteiger partial charge >= 0.3 is 5.97 Å². The summed E-state index contributed by atoms with van der Waals surface area (Å²) in [7, 11) is -4.21. The number of benzene rings is 2. The maximum atomic E-state index is 13.8. The third-order valence-electron chi connectivity index (χ3n) is 4.05. The van der Waals surface area contributed by atoms with Crippen molar-refractivity contribution in [3.05, 3.63) is 58.8 Å². The van der Waals surface area contributed by atoms with Crippen LogP contribution < -0.4 is 0 Å². The minimum atomic E-state index is -4.21. The minimum absolute atomic E-state index is 0.0139. The number of aromatic amines is 1. The van der Waals surface area contributed by atoms with Crippen molar-refractivity contribution in [3.8, 4) is 0 Å². The second-order valence-electron chi connectivity index (χ2n) is 6.19. The summed E-state index contributed by atoms with van der Waals surface area (Å²) >= 11 is 0. The molecule has 0 saturated heterocycles. The topological polar surface area (TPSA) is 76.2 Å². The van der Waals surface area contributed by atoms with Crippen LogP contribution in [0.4, 0.5) is 8.78 Å². The number of nitrogens with one attached hydrogen (secondary N) is 1. The van der Waals surface area contributed by atoms with Crippen molar-refractivity contribution in [1.82, 2.24) is 4.98 Å². The second-order valence-corrected chi connectivity index (χ2v) is 8.07. The van der Waals surface area contributed by atoms with Crippen molar-refractivity contribution in [1.29, 1.82) is 0 Å². The first-order valence-corrected chi connectivity index (χ1v) is 9.64. The predicted octanol–water partition coefficient (Wildman–Crippen LogP) is 4.07. The number of hydrogen-bond acceptors (Lipinski definition) is 4. The predicted molar refractivity (Wildman–Crippen MR) is 95.5 cm³/mol. The lowest BCUT2D eigenvalue weighted by Crippen LogP contribution is -2.12. The first kappa shape index (κ1) is 19.0. The summed E-state index contributed by atoms with van der Waals surface area (Å²) in [5.41, 5.74) is 1.04. The number of H-pyrrole nitrogens is 1. The monoisotopic (exact) mass is 393 g/mol. The van der Waals surface area contributed by atoms with E-state index in [1.54, 1.807) is 26.8 Å². The number of esters is 1. The number of hydrogen-bond donors (Lipinski definition) is 1. The van der Waals surface area contributed by atoms with Gasteiger partial charge in [0.25, 0.3) is 0 Å². The number of halogens is 2. The molecule has 2 aromatic carbocycles. The van der Waals surface area contributed by atoms with E-state index in [1.165, 1.54) is 12.1 Å². The quantitative estimate of drug-likeness (QED) is 0.678. The van der Waals surface area contributed by atoms with Crippen LogP contribution in [0.3, 0.4) is 0 Å². The Labute approximate surface area is 154 Å². The third kappa shape index (κ3) is 3.32. The Bertz CT molecular complexity index is 1150. The molecule has 0 atom stereocenters. The van der Waals surface area contributed by atoms with Gasteiger partial charge in [0.2, 0.25) is 9.84 Å². The number of sulfone groups is 1. The standard InChI is InChI=1S/C19H17F2NO4S/c1-4-26-19(23)17-18(13-8-14(20)15(21)9-16(13)22-17)27(24,25)12-6-10(2)5-11(3)7-12/h5-9,22H,4H2,1-3H3. The molecule has 1 aromatic heterocycles. The van der Waals surface area contributed by atoms with E-state index in [4.69, 9.17) is 4.74 Å². The highest BCUT2D eigenvalue weighted by Crippen LogP contribution is 2.34. The van der Waals surface area contributed by atoms with Gasteiger partial charge in [-0.2, -0.15) is 0 Å². The van der Waals surface area contributed by atoms with Crippen molar-refractivity contribution in [2.45, 2.75) is 30.6 Å². The Morgan fingerprint density at radius 3 is 2.22 bits per heavy atom. The van der Waals surface area contributed by atoms with E-state index >= 15 is 0 Å². The molecule has 3 rings (SSSR count). The zero-order valence-electron chi connectivity index (χ0n) is 14.9. The smallest absolute Gasteiger partial charge is 0.356 e. The molecule has 3 aromatic rings. The van der Waals surface area contributed by atoms with Crippen LogP contribution in [0.5, 0.6) is 0 Å². The number of rotatable bonds is 4. The normalized spacial score (nSPS) is 11.7. The van der Waals surface area contributed by atoms with Crippen molar-refractivity contribution in [3.63, 3.8) is 0 Å². The number of ether oxygens (including phenoxy) is 1. The van der Waals surface area contributed by atoms with Gasteiger partial charge in [-0.1, -0.05) is 6.07 Å². The van der Waals surface area contributed by atoms with Crippen molar-refractivity contribution < 1.29 is 26.7 Å². The van der Waals surface area contributed by atoms with Crippen LogP contribution in [-0.4, -0.2) is 26.0 Å². The fourth-order valence-corrected chi connectivity index (χ4v) is 4.78. The number of aromatic nitrogens is 1. The summed E-state index contributed by atoms with van der Waals surface area (Å²) in [6, 6.07) is 6.29. The first-order chi connectivity index (χ1) is 12.6. The minimum Gasteiger partial charge on any atom is -0.461 e. The van der Waals surface area contributed by atoms with Gasteiger partial charge in [0.15, 0.2) is 11.6 Å². The van der Waals surface area contributed by atoms with Gasteiger partial charge in [-0.25, -0.2) is 22.0 Å². The number of fused-ring (bicyclic) bond motifs is 1. The summed E-state index contributed by atoms with van der Waals surface area (Å²) in [5.74, 6) is -3.29. The van der Waals surface area contributed by atoms with Gasteiger partial charge in [0.1, 0.15) is 10.6 Å². The first-order valence-electron chi connectivity index (χ1n) is 8.16. The van der Waals surface area contributed by atoms with Gasteiger partial charge < -0.3 is 9.72 Å². The molecular formula is C19H17F2NO4S. The molecule has 1 N–H and O–H groups in total. The lowest BCUT2D eigenvalue weighted by atomic mass is 10.2. The van der Waals surface area contributed by atoms with Crippen LogP contribution >= 0.6 is 0 Å². The van der Waals surface area contributed by atoms with Crippen LogP contribution in [0.2, 0.25) is 0 Å². The highest BCUT2D eigenvalue weighted by molar-refractivity contribution is 7.91. The van der Waals surface area contributed by atoms with Crippen LogP contribution in [-0.2, 0) is 14.6 Å². The largest absolute Gasteiger partial charge is 0.461 e. The molecule has 0 amide bonds. The molecule has 0 radical (unpaired) electrons. The van der Waals surface area contributed by atoms with E-state index in [2.05, 4.69) is 4.98 Å². The highest BCUT2D eigenvalue weighted by Gasteiger charge is 2.31. The molecule has 142 valence electrons. The van der Waals surface area contributed by atoms with E-state index in [0.717, 1.165) is 12.1 Å². The Hall–Kier alpha value is -2.74. The molecule has 27 heavy (non-hydrogen) atoms. The van der Waals surface area contributed by atoms with Crippen LogP contribution in [0.1, 0.15) is 28.5 Å². The lowest BCUT2D eigenvalue weighted by molar-refractivity contribution is 0.0516. The average Bonchev–Trinajstić information content (AvgIpc) is 2.93. The Morgan fingerprint density at radius 2 is 1.63 bits per heavy atom. The van der Waals surface area contributed by atoms with E-state index in [0.29, 0.717) is 11.1 Å². The van der Waals surface area contributed by atoms with Gasteiger partial charge in [-0.15, -0.1) is 0 Å². The zero-order chi connectivity index (χ0) is 19.9. The van der Waals surface area contributed by atoms with Crippen molar-refractivity contribution in [2.75, 3.05) is 6.61 Å². The highest BCUT2D eigenvalue weighted by atomic mass is 32.2. The summed E-state index contributed by atoms with van der Waals surface area (Å²) in [4.78, 5) is 14.4. The molecule has 0 fully saturated rings. The maximum Gasteiger partial charge on any atom is 0.356 e. The van der Waals surface area contributed by atoms with Crippen LogP contribution in [0, 0.1) is 25.5 Å². The molecule has 0 aliphatic rings. The third-order valence-corrected chi connectivity index (χ3v) is 5.86. The fraction of sp³-hybridized carbons (Fsp3) is 0.211. The van der Waals surface area contributed by atoms with Crippen molar-refractivity contribution in [2.24, 2.45) is 0 Å². The molecule has 0 aliphatic carbocycles. The molecule has 0 saturated carbocycles. The molecular weight excluding hydrogens is 376 g/mol. The lowest BCUT2D eigenvalue weighted by Gasteiger charge is -2.09. The summed E-state index contributed by atoms with van der Waals surface area (Å²) in [6.45, 7) is 5.06. The second kappa shape index (κ2) is 6.77. The Kier molecular flexibility index (Phi) is 4.77. The van der Waals surface area contributed by atoms with Crippen molar-refractivity contribution >= 4 is 26.7 Å². The molecule has 5 nitrogen and oxygen atoms in total. The summed E-state index contributed by atoms with van der Waals surface area (Å²) in [6.07, 6.45) is 0. The van der Waals surface area contributed by atoms with Gasteiger partial charge in [-0.05, 0) is 50.1 Å². The number of carbonyl (C=O) groups excluding carboxylic acids is 1. The molecule has 8 heteroatoms. The van der Waals surface area contributed by atoms with E-state index in [-0.39, 0.29) is 28.1 Å². The maximum absolute atomic E-state index is 13.8. The van der Waals surface area contributed by atoms with Gasteiger partial charge in [-0.3, -0.25) is 0 Å². The molecule has 0 aliphatic heterocycles. The van der Waals surface area contributed by atoms with E-state index in [1.807, 2.05) is 0 Å². The molecule has 0 bridgehead atoms. The van der Waals surface area contributed by atoms with Crippen LogP contribution in [0.25, 0.3) is 10.9 Å². The molecule has 1 heterocycles. The summed E-state index contributed by atoms with van der Waals surface area (Å²) in [5, 5.41) is -0.115.